The van der Waals surface area contributed by atoms with Crippen molar-refractivity contribution in [2.24, 2.45) is 0 Å². The van der Waals surface area contributed by atoms with Gasteiger partial charge in [0.2, 0.25) is 11.8 Å². The Kier molecular flexibility index (Phi) is 3.64. The van der Waals surface area contributed by atoms with Crippen LogP contribution >= 0.6 is 11.8 Å². The number of thioether (sulfide) groups is 1. The highest BCUT2D eigenvalue weighted by molar-refractivity contribution is 7.98. The summed E-state index contributed by atoms with van der Waals surface area (Å²) in [4.78, 5) is 9.19. The normalized spacial score (nSPS) is 11.1. The van der Waals surface area contributed by atoms with Crippen LogP contribution in [0.25, 0.3) is 11.0 Å². The van der Waals surface area contributed by atoms with Crippen molar-refractivity contribution in [2.75, 3.05) is 0 Å². The van der Waals surface area contributed by atoms with Crippen molar-refractivity contribution in [3.63, 3.8) is 0 Å². The number of hydrogen-bond acceptors (Lipinski definition) is 6. The van der Waals surface area contributed by atoms with Crippen LogP contribution < -0.4 is 0 Å². The van der Waals surface area contributed by atoms with Crippen LogP contribution in [0.4, 0.5) is 0 Å². The molecule has 1 aromatic carbocycles. The molecule has 0 atom stereocenters. The van der Waals surface area contributed by atoms with Crippen LogP contribution in [-0.4, -0.2) is 20.2 Å². The van der Waals surface area contributed by atoms with Crippen LogP contribution in [0.1, 0.15) is 24.4 Å². The van der Waals surface area contributed by atoms with Gasteiger partial charge in [0.05, 0.1) is 22.5 Å². The topological polar surface area (TPSA) is 64.7 Å². The summed E-state index contributed by atoms with van der Waals surface area (Å²) in [5.41, 5.74) is 2.74. The van der Waals surface area contributed by atoms with E-state index in [0.717, 1.165) is 28.2 Å². The molecule has 0 bridgehead atoms. The molecule has 2 heterocycles. The predicted molar refractivity (Wildman–Crippen MR) is 77.5 cm³/mol. The average Bonchev–Trinajstić information content (AvgIpc) is 2.93. The monoisotopic (exact) mass is 286 g/mol. The number of nitrogens with zero attached hydrogens (tertiary/aromatic N) is 4. The van der Waals surface area contributed by atoms with Gasteiger partial charge in [-0.15, -0.1) is 10.2 Å². The third kappa shape index (κ3) is 2.65. The first kappa shape index (κ1) is 13.1. The number of aryl methyl sites for hydroxylation is 2. The highest BCUT2D eigenvalue weighted by Crippen LogP contribution is 2.24. The lowest BCUT2D eigenvalue weighted by molar-refractivity contribution is 0.470. The van der Waals surface area contributed by atoms with E-state index in [9.17, 15) is 0 Å². The number of fused-ring (bicyclic) bond motifs is 1. The maximum Gasteiger partial charge on any atom is 0.226 e. The van der Waals surface area contributed by atoms with E-state index in [-0.39, 0.29) is 0 Å². The molecule has 0 aliphatic carbocycles. The van der Waals surface area contributed by atoms with Crippen molar-refractivity contribution in [1.82, 2.24) is 20.2 Å². The fourth-order valence-electron chi connectivity index (χ4n) is 1.83. The van der Waals surface area contributed by atoms with Gasteiger partial charge in [0, 0.05) is 6.42 Å². The highest BCUT2D eigenvalue weighted by atomic mass is 32.2. The average molecular weight is 286 g/mol. The predicted octanol–water partition coefficient (Wildman–Crippen LogP) is 3.18. The quantitative estimate of drug-likeness (QED) is 0.686. The van der Waals surface area contributed by atoms with Gasteiger partial charge < -0.3 is 4.42 Å². The van der Waals surface area contributed by atoms with Gasteiger partial charge in [0.25, 0.3) is 0 Å². The van der Waals surface area contributed by atoms with Crippen LogP contribution in [0.15, 0.2) is 33.7 Å². The molecule has 3 aromatic rings. The third-order valence-corrected chi connectivity index (χ3v) is 3.90. The van der Waals surface area contributed by atoms with Crippen LogP contribution in [0.3, 0.4) is 0 Å². The first-order valence-corrected chi connectivity index (χ1v) is 7.42. The van der Waals surface area contributed by atoms with E-state index >= 15 is 0 Å². The molecule has 0 fully saturated rings. The molecule has 0 aliphatic heterocycles. The second-order valence-corrected chi connectivity index (χ2v) is 5.30. The van der Waals surface area contributed by atoms with E-state index < -0.39 is 0 Å². The zero-order valence-corrected chi connectivity index (χ0v) is 12.1. The molecule has 102 valence electrons. The Morgan fingerprint density at radius 2 is 1.75 bits per heavy atom. The number of hydrogen-bond donors (Lipinski definition) is 0. The highest BCUT2D eigenvalue weighted by Gasteiger charge is 2.09. The molecule has 0 aliphatic rings. The van der Waals surface area contributed by atoms with Crippen molar-refractivity contribution in [2.45, 2.75) is 31.0 Å². The minimum Gasteiger partial charge on any atom is -0.424 e. The lowest BCUT2D eigenvalue weighted by Crippen LogP contribution is -1.93. The molecule has 0 amide bonds. The lowest BCUT2D eigenvalue weighted by Gasteiger charge is -2.04. The summed E-state index contributed by atoms with van der Waals surface area (Å²) in [5, 5.41) is 8.86. The van der Waals surface area contributed by atoms with Crippen LogP contribution in [0.2, 0.25) is 0 Å². The molecule has 2 aromatic heterocycles. The van der Waals surface area contributed by atoms with Crippen molar-refractivity contribution >= 4 is 22.8 Å². The van der Waals surface area contributed by atoms with Crippen molar-refractivity contribution in [3.8, 4) is 0 Å². The summed E-state index contributed by atoms with van der Waals surface area (Å²) < 4.78 is 5.49. The second kappa shape index (κ2) is 5.58. The van der Waals surface area contributed by atoms with Gasteiger partial charge in [0.15, 0.2) is 0 Å². The van der Waals surface area contributed by atoms with E-state index in [0.29, 0.717) is 17.5 Å². The smallest absolute Gasteiger partial charge is 0.226 e. The zero-order valence-electron chi connectivity index (χ0n) is 11.3. The van der Waals surface area contributed by atoms with E-state index in [4.69, 9.17) is 4.42 Å². The van der Waals surface area contributed by atoms with Gasteiger partial charge in [-0.05, 0) is 19.1 Å². The molecular formula is C14H14N4OS. The van der Waals surface area contributed by atoms with E-state index in [2.05, 4.69) is 20.2 Å². The SMILES string of the molecule is CCc1nnc(CSc2nc3ccccc3nc2C)o1. The van der Waals surface area contributed by atoms with E-state index in [1.807, 2.05) is 38.1 Å². The fraction of sp³-hybridized carbons (Fsp3) is 0.286. The fourth-order valence-corrected chi connectivity index (χ4v) is 2.62. The first-order chi connectivity index (χ1) is 9.76. The maximum absolute atomic E-state index is 5.49. The molecule has 0 N–H and O–H groups in total. The molecule has 0 unspecified atom stereocenters. The largest absolute Gasteiger partial charge is 0.424 e. The minimum absolute atomic E-state index is 0.612. The lowest BCUT2D eigenvalue weighted by atomic mass is 10.3. The van der Waals surface area contributed by atoms with Crippen LogP contribution in [0, 0.1) is 6.92 Å². The summed E-state index contributed by atoms with van der Waals surface area (Å²) >= 11 is 1.57. The zero-order chi connectivity index (χ0) is 13.9. The first-order valence-electron chi connectivity index (χ1n) is 6.43. The Bertz CT molecular complexity index is 741. The molecule has 5 nitrogen and oxygen atoms in total. The summed E-state index contributed by atoms with van der Waals surface area (Å²) in [6, 6.07) is 7.86. The number of benzene rings is 1. The van der Waals surface area contributed by atoms with Gasteiger partial charge in [0.1, 0.15) is 5.03 Å². The molecule has 6 heteroatoms. The van der Waals surface area contributed by atoms with Crippen molar-refractivity contribution in [3.05, 3.63) is 41.7 Å². The molecular weight excluding hydrogens is 272 g/mol. The second-order valence-electron chi connectivity index (χ2n) is 4.33. The van der Waals surface area contributed by atoms with Crippen molar-refractivity contribution in [1.29, 1.82) is 0 Å². The molecule has 3 rings (SSSR count). The van der Waals surface area contributed by atoms with Gasteiger partial charge in [-0.25, -0.2) is 9.97 Å². The van der Waals surface area contributed by atoms with Gasteiger partial charge in [-0.2, -0.15) is 0 Å². The molecule has 0 saturated heterocycles. The summed E-state index contributed by atoms with van der Waals surface area (Å²) in [6.45, 7) is 3.95. The Hall–Kier alpha value is -1.95. The van der Waals surface area contributed by atoms with Gasteiger partial charge in [-0.3, -0.25) is 0 Å². The Balaban J connectivity index is 1.81. The maximum atomic E-state index is 5.49. The Morgan fingerprint density at radius 1 is 1.05 bits per heavy atom. The number of rotatable bonds is 4. The number of aromatic nitrogens is 4. The third-order valence-electron chi connectivity index (χ3n) is 2.84. The Morgan fingerprint density at radius 3 is 2.45 bits per heavy atom. The molecule has 0 saturated carbocycles. The van der Waals surface area contributed by atoms with Gasteiger partial charge in [-0.1, -0.05) is 30.8 Å². The summed E-state index contributed by atoms with van der Waals surface area (Å²) in [7, 11) is 0. The molecule has 0 spiro atoms. The molecule has 0 radical (unpaired) electrons. The molecule has 20 heavy (non-hydrogen) atoms. The van der Waals surface area contributed by atoms with E-state index in [1.54, 1.807) is 11.8 Å². The minimum atomic E-state index is 0.612. The standard InChI is InChI=1S/C14H14N4OS/c1-3-12-17-18-13(19-12)8-20-14-9(2)15-10-6-4-5-7-11(10)16-14/h4-7H,3,8H2,1-2H3. The van der Waals surface area contributed by atoms with Gasteiger partial charge >= 0.3 is 0 Å². The van der Waals surface area contributed by atoms with Crippen molar-refractivity contribution < 1.29 is 4.42 Å². The Labute approximate surface area is 120 Å². The number of para-hydroxylation sites is 2. The van der Waals surface area contributed by atoms with E-state index in [1.165, 1.54) is 0 Å². The summed E-state index contributed by atoms with van der Waals surface area (Å²) in [6.07, 6.45) is 0.756. The van der Waals surface area contributed by atoms with Crippen LogP contribution in [-0.2, 0) is 12.2 Å². The van der Waals surface area contributed by atoms with Crippen LogP contribution in [0.5, 0.6) is 0 Å². The summed E-state index contributed by atoms with van der Waals surface area (Å²) in [5.74, 6) is 1.91.